The molecule has 4 heteroatoms. The third-order valence-electron chi connectivity index (χ3n) is 3.87. The number of carboxylic acids is 1. The molecule has 0 aliphatic rings. The highest BCUT2D eigenvalue weighted by molar-refractivity contribution is 5.85. The van der Waals surface area contributed by atoms with Crippen LogP contribution in [0.2, 0.25) is 0 Å². The number of hydrogen-bond acceptors (Lipinski definition) is 3. The molecular weight excluding hydrogens is 304 g/mol. The van der Waals surface area contributed by atoms with Crippen molar-refractivity contribution in [1.82, 2.24) is 0 Å². The lowest BCUT2D eigenvalue weighted by Gasteiger charge is -2.14. The third-order valence-corrected chi connectivity index (χ3v) is 3.87. The maximum atomic E-state index is 10.7. The third kappa shape index (κ3) is 4.38. The number of aryl methyl sites for hydroxylation is 2. The summed E-state index contributed by atoms with van der Waals surface area (Å²) >= 11 is 0. The van der Waals surface area contributed by atoms with Gasteiger partial charge in [0.15, 0.2) is 0 Å². The lowest BCUT2D eigenvalue weighted by Crippen LogP contribution is -2.01. The Kier molecular flexibility index (Phi) is 5.64. The number of benzene rings is 2. The minimum atomic E-state index is -0.977. The molecule has 0 heterocycles. The van der Waals surface area contributed by atoms with Crippen molar-refractivity contribution in [2.45, 2.75) is 27.4 Å². The summed E-state index contributed by atoms with van der Waals surface area (Å²) in [5.74, 6) is 0.583. The minimum Gasteiger partial charge on any atom is -0.496 e. The molecule has 0 fully saturated rings. The highest BCUT2D eigenvalue weighted by Crippen LogP contribution is 2.27. The number of carboxylic acid groups (broad SMARTS) is 1. The van der Waals surface area contributed by atoms with Crippen molar-refractivity contribution in [3.8, 4) is 11.5 Å². The second kappa shape index (κ2) is 7.68. The van der Waals surface area contributed by atoms with E-state index in [0.717, 1.165) is 34.1 Å². The lowest BCUT2D eigenvalue weighted by atomic mass is 10.1. The monoisotopic (exact) mass is 326 g/mol. The fourth-order valence-corrected chi connectivity index (χ4v) is 2.49. The molecule has 0 aromatic heterocycles. The molecule has 0 bridgehead atoms. The summed E-state index contributed by atoms with van der Waals surface area (Å²) in [6.07, 6.45) is 2.66. The van der Waals surface area contributed by atoms with Crippen LogP contribution in [0.3, 0.4) is 0 Å². The van der Waals surface area contributed by atoms with Crippen molar-refractivity contribution in [1.29, 1.82) is 0 Å². The molecule has 0 amide bonds. The fourth-order valence-electron chi connectivity index (χ4n) is 2.49. The summed E-state index contributed by atoms with van der Waals surface area (Å²) in [6, 6.07) is 9.64. The van der Waals surface area contributed by atoms with E-state index in [1.807, 2.05) is 38.1 Å². The first-order valence-electron chi connectivity index (χ1n) is 7.69. The molecule has 0 aliphatic heterocycles. The molecule has 2 aromatic carbocycles. The van der Waals surface area contributed by atoms with Gasteiger partial charge in [-0.2, -0.15) is 0 Å². The molecular formula is C20H22O4. The predicted molar refractivity (Wildman–Crippen MR) is 94.6 cm³/mol. The van der Waals surface area contributed by atoms with Gasteiger partial charge in [0.25, 0.3) is 0 Å². The van der Waals surface area contributed by atoms with E-state index < -0.39 is 5.97 Å². The second-order valence-corrected chi connectivity index (χ2v) is 5.74. The normalized spacial score (nSPS) is 10.8. The highest BCUT2D eigenvalue weighted by atomic mass is 16.5. The van der Waals surface area contributed by atoms with E-state index in [-0.39, 0.29) is 0 Å². The summed E-state index contributed by atoms with van der Waals surface area (Å²) in [5, 5.41) is 8.74. The van der Waals surface area contributed by atoms with Crippen LogP contribution in [0.25, 0.3) is 6.08 Å². The van der Waals surface area contributed by atoms with Crippen LogP contribution >= 0.6 is 0 Å². The maximum absolute atomic E-state index is 10.7. The first-order valence-corrected chi connectivity index (χ1v) is 7.69. The van der Waals surface area contributed by atoms with E-state index in [2.05, 4.69) is 13.0 Å². The number of aliphatic carboxylic acids is 1. The Morgan fingerprint density at radius 2 is 1.88 bits per heavy atom. The molecule has 2 aromatic rings. The Morgan fingerprint density at radius 3 is 2.54 bits per heavy atom. The molecule has 24 heavy (non-hydrogen) atoms. The number of rotatable bonds is 6. The Balaban J connectivity index is 2.25. The molecule has 0 unspecified atom stereocenters. The largest absolute Gasteiger partial charge is 0.496 e. The number of ether oxygens (including phenoxy) is 2. The maximum Gasteiger partial charge on any atom is 0.328 e. The lowest BCUT2D eigenvalue weighted by molar-refractivity contribution is -0.131. The molecule has 0 saturated carbocycles. The van der Waals surface area contributed by atoms with Crippen LogP contribution < -0.4 is 9.47 Å². The van der Waals surface area contributed by atoms with Gasteiger partial charge in [-0.25, -0.2) is 4.79 Å². The van der Waals surface area contributed by atoms with E-state index in [1.165, 1.54) is 5.56 Å². The number of hydrogen-bond donors (Lipinski definition) is 1. The van der Waals surface area contributed by atoms with Crippen molar-refractivity contribution in [2.75, 3.05) is 7.11 Å². The van der Waals surface area contributed by atoms with Gasteiger partial charge in [0.1, 0.15) is 18.1 Å². The van der Waals surface area contributed by atoms with Gasteiger partial charge in [-0.15, -0.1) is 0 Å². The van der Waals surface area contributed by atoms with E-state index in [9.17, 15) is 4.79 Å². The molecule has 0 atom stereocenters. The van der Waals surface area contributed by atoms with Crippen molar-refractivity contribution < 1.29 is 19.4 Å². The first kappa shape index (κ1) is 17.6. The van der Waals surface area contributed by atoms with Crippen molar-refractivity contribution in [3.63, 3.8) is 0 Å². The summed E-state index contributed by atoms with van der Waals surface area (Å²) < 4.78 is 11.4. The van der Waals surface area contributed by atoms with E-state index >= 15 is 0 Å². The smallest absolute Gasteiger partial charge is 0.328 e. The standard InChI is InChI=1S/C20H22O4/c1-13-9-14(2)15(3)19(10-13)24-12-17-11-16(6-8-20(21)22)5-7-18(17)23-4/h5-11H,12H2,1-4H3,(H,21,22). The van der Waals surface area contributed by atoms with Gasteiger partial charge < -0.3 is 14.6 Å². The van der Waals surface area contributed by atoms with Crippen LogP contribution in [0.15, 0.2) is 36.4 Å². The molecule has 126 valence electrons. The number of carbonyl (C=O) groups is 1. The zero-order valence-corrected chi connectivity index (χ0v) is 14.4. The van der Waals surface area contributed by atoms with Crippen molar-refractivity contribution in [3.05, 3.63) is 64.2 Å². The summed E-state index contributed by atoms with van der Waals surface area (Å²) in [5.41, 5.74) is 5.10. The zero-order valence-electron chi connectivity index (χ0n) is 14.4. The molecule has 2 rings (SSSR count). The Labute approximate surface area is 142 Å². The molecule has 0 radical (unpaired) electrons. The van der Waals surface area contributed by atoms with Crippen LogP contribution in [-0.2, 0) is 11.4 Å². The van der Waals surface area contributed by atoms with Gasteiger partial charge >= 0.3 is 5.97 Å². The van der Waals surface area contributed by atoms with Crippen LogP contribution in [-0.4, -0.2) is 18.2 Å². The predicted octanol–water partition coefficient (Wildman–Crippen LogP) is 4.30. The first-order chi connectivity index (χ1) is 11.4. The van der Waals surface area contributed by atoms with Gasteiger partial charge in [0, 0.05) is 11.6 Å². The van der Waals surface area contributed by atoms with E-state index in [0.29, 0.717) is 12.4 Å². The Morgan fingerprint density at radius 1 is 1.12 bits per heavy atom. The SMILES string of the molecule is COc1ccc(C=CC(=O)O)cc1COc1cc(C)cc(C)c1C. The van der Waals surface area contributed by atoms with E-state index in [1.54, 1.807) is 13.2 Å². The van der Waals surface area contributed by atoms with Gasteiger partial charge in [0.2, 0.25) is 0 Å². The molecule has 4 nitrogen and oxygen atoms in total. The van der Waals surface area contributed by atoms with Gasteiger partial charge in [-0.1, -0.05) is 12.1 Å². The summed E-state index contributed by atoms with van der Waals surface area (Å²) in [6.45, 7) is 6.49. The summed E-state index contributed by atoms with van der Waals surface area (Å²) in [7, 11) is 1.60. The topological polar surface area (TPSA) is 55.8 Å². The number of methoxy groups -OCH3 is 1. The van der Waals surface area contributed by atoms with E-state index in [4.69, 9.17) is 14.6 Å². The minimum absolute atomic E-state index is 0.349. The molecule has 0 aliphatic carbocycles. The van der Waals surface area contributed by atoms with Gasteiger partial charge in [0.05, 0.1) is 7.11 Å². The van der Waals surface area contributed by atoms with Gasteiger partial charge in [-0.05, 0) is 67.3 Å². The molecule has 1 N–H and O–H groups in total. The van der Waals surface area contributed by atoms with Crippen molar-refractivity contribution >= 4 is 12.0 Å². The van der Waals surface area contributed by atoms with Gasteiger partial charge in [-0.3, -0.25) is 0 Å². The van der Waals surface area contributed by atoms with Crippen molar-refractivity contribution in [2.24, 2.45) is 0 Å². The Bertz CT molecular complexity index is 775. The van der Waals surface area contributed by atoms with Crippen LogP contribution in [0, 0.1) is 20.8 Å². The van der Waals surface area contributed by atoms with Crippen LogP contribution in [0.4, 0.5) is 0 Å². The zero-order chi connectivity index (χ0) is 17.7. The van der Waals surface area contributed by atoms with Crippen LogP contribution in [0.5, 0.6) is 11.5 Å². The second-order valence-electron chi connectivity index (χ2n) is 5.74. The Hall–Kier alpha value is -2.75. The van der Waals surface area contributed by atoms with Crippen LogP contribution in [0.1, 0.15) is 27.8 Å². The average Bonchev–Trinajstić information content (AvgIpc) is 2.54. The summed E-state index contributed by atoms with van der Waals surface area (Å²) in [4.78, 5) is 10.7. The molecule has 0 saturated heterocycles. The fraction of sp³-hybridized carbons (Fsp3) is 0.250. The highest BCUT2D eigenvalue weighted by Gasteiger charge is 2.08. The average molecular weight is 326 g/mol. The molecule has 0 spiro atoms. The quantitative estimate of drug-likeness (QED) is 0.804.